The highest BCUT2D eigenvalue weighted by molar-refractivity contribution is 6.30. The number of carbonyl (C=O) groups is 1. The van der Waals surface area contributed by atoms with Gasteiger partial charge in [-0.3, -0.25) is 9.59 Å². The molecule has 3 heterocycles. The summed E-state index contributed by atoms with van der Waals surface area (Å²) in [5, 5.41) is 8.74. The Kier molecular flexibility index (Phi) is 6.50. The number of carbonyl (C=O) groups excluding carboxylic acids is 1. The number of rotatable bonds is 6. The summed E-state index contributed by atoms with van der Waals surface area (Å²) < 4.78 is 7.13. The zero-order valence-corrected chi connectivity index (χ0v) is 20.0. The number of nitrogens with one attached hydrogen (secondary N) is 1. The van der Waals surface area contributed by atoms with E-state index in [2.05, 4.69) is 15.3 Å². The fraction of sp³-hybridized carbons (Fsp3) is 0.320. The number of aromatic amines is 1. The number of hydrogen-bond acceptors (Lipinski definition) is 6. The molecule has 0 bridgehead atoms. The molecule has 0 radical (unpaired) electrons. The molecular formula is C25H25ClN6O3. The fourth-order valence-electron chi connectivity index (χ4n) is 4.37. The van der Waals surface area contributed by atoms with Crippen LogP contribution in [-0.2, 0) is 6.54 Å². The first-order valence-corrected chi connectivity index (χ1v) is 12.0. The van der Waals surface area contributed by atoms with E-state index in [1.54, 1.807) is 28.9 Å². The van der Waals surface area contributed by atoms with Crippen molar-refractivity contribution in [2.75, 3.05) is 19.7 Å². The summed E-state index contributed by atoms with van der Waals surface area (Å²) in [7, 11) is 0. The number of halogens is 1. The van der Waals surface area contributed by atoms with Gasteiger partial charge >= 0.3 is 0 Å². The smallest absolute Gasteiger partial charge is 0.281 e. The standard InChI is InChI=1S/C25H25ClN6O3/c1-2-35-20-8-6-16(7-9-20)15-32-23-21(29-30-32)24(33)28-22(27-23)17-10-12-31(13-11-17)25(34)18-4-3-5-19(26)14-18/h3-9,14,17H,2,10-13,15H2,1H3,(H,27,28,33). The van der Waals surface area contributed by atoms with E-state index in [-0.39, 0.29) is 22.9 Å². The molecule has 1 amide bonds. The average molecular weight is 493 g/mol. The van der Waals surface area contributed by atoms with E-state index < -0.39 is 0 Å². The minimum atomic E-state index is -0.305. The van der Waals surface area contributed by atoms with Gasteiger partial charge in [-0.2, -0.15) is 0 Å². The Morgan fingerprint density at radius 2 is 1.94 bits per heavy atom. The second-order valence-electron chi connectivity index (χ2n) is 8.52. The van der Waals surface area contributed by atoms with E-state index in [1.807, 2.05) is 36.1 Å². The molecule has 0 atom stereocenters. The Morgan fingerprint density at radius 1 is 1.17 bits per heavy atom. The molecule has 1 saturated heterocycles. The average Bonchev–Trinajstić information content (AvgIpc) is 3.28. The molecule has 0 unspecified atom stereocenters. The third-order valence-electron chi connectivity index (χ3n) is 6.20. The maximum Gasteiger partial charge on any atom is 0.281 e. The van der Waals surface area contributed by atoms with E-state index in [4.69, 9.17) is 21.3 Å². The van der Waals surface area contributed by atoms with Crippen LogP contribution in [0.25, 0.3) is 11.2 Å². The summed E-state index contributed by atoms with van der Waals surface area (Å²) in [5.41, 5.74) is 1.94. The lowest BCUT2D eigenvalue weighted by Crippen LogP contribution is -2.38. The minimum absolute atomic E-state index is 0.0318. The van der Waals surface area contributed by atoms with Crippen LogP contribution < -0.4 is 10.3 Å². The Hall–Kier alpha value is -3.72. The first-order chi connectivity index (χ1) is 17.0. The molecule has 180 valence electrons. The van der Waals surface area contributed by atoms with Crippen LogP contribution in [0.4, 0.5) is 0 Å². The summed E-state index contributed by atoms with van der Waals surface area (Å²) in [4.78, 5) is 35.0. The Balaban J connectivity index is 1.32. The number of amides is 1. The van der Waals surface area contributed by atoms with Crippen molar-refractivity contribution >= 4 is 28.7 Å². The van der Waals surface area contributed by atoms with Crippen LogP contribution in [0, 0.1) is 0 Å². The van der Waals surface area contributed by atoms with Gasteiger partial charge in [-0.1, -0.05) is 35.0 Å². The molecule has 1 fully saturated rings. The number of piperidine rings is 1. The van der Waals surface area contributed by atoms with Crippen LogP contribution in [0.3, 0.4) is 0 Å². The van der Waals surface area contributed by atoms with Gasteiger partial charge in [0.1, 0.15) is 11.6 Å². The van der Waals surface area contributed by atoms with Gasteiger partial charge in [-0.15, -0.1) is 5.10 Å². The highest BCUT2D eigenvalue weighted by Gasteiger charge is 2.27. The number of benzene rings is 2. The zero-order valence-electron chi connectivity index (χ0n) is 19.3. The van der Waals surface area contributed by atoms with Gasteiger partial charge in [0.15, 0.2) is 11.2 Å². The maximum absolute atomic E-state index is 12.8. The monoisotopic (exact) mass is 492 g/mol. The molecule has 5 rings (SSSR count). The van der Waals surface area contributed by atoms with Gasteiger partial charge in [0.25, 0.3) is 11.5 Å². The Labute approximate surface area is 206 Å². The van der Waals surface area contributed by atoms with Crippen LogP contribution in [0.15, 0.2) is 53.3 Å². The number of likely N-dealkylation sites (tertiary alicyclic amines) is 1. The van der Waals surface area contributed by atoms with E-state index in [9.17, 15) is 9.59 Å². The predicted molar refractivity (Wildman–Crippen MR) is 132 cm³/mol. The molecule has 0 saturated carbocycles. The third-order valence-corrected chi connectivity index (χ3v) is 6.43. The molecule has 1 aliphatic rings. The number of ether oxygens (including phenoxy) is 1. The van der Waals surface area contributed by atoms with Gasteiger partial charge in [-0.05, 0) is 55.7 Å². The third kappa shape index (κ3) is 4.90. The fourth-order valence-corrected chi connectivity index (χ4v) is 4.56. The topological polar surface area (TPSA) is 106 Å². The zero-order chi connectivity index (χ0) is 24.4. The molecule has 10 heteroatoms. The second-order valence-corrected chi connectivity index (χ2v) is 8.96. The normalized spacial score (nSPS) is 14.4. The lowest BCUT2D eigenvalue weighted by Gasteiger charge is -2.31. The number of nitrogens with zero attached hydrogens (tertiary/aromatic N) is 5. The second kappa shape index (κ2) is 9.87. The number of H-pyrrole nitrogens is 1. The van der Waals surface area contributed by atoms with Gasteiger partial charge in [0, 0.05) is 29.6 Å². The van der Waals surface area contributed by atoms with Crippen molar-refractivity contribution in [3.05, 3.63) is 80.9 Å². The summed E-state index contributed by atoms with van der Waals surface area (Å²) in [6.45, 7) is 4.13. The Bertz CT molecular complexity index is 1410. The van der Waals surface area contributed by atoms with Crippen LogP contribution in [0.5, 0.6) is 5.75 Å². The molecule has 9 nitrogen and oxygen atoms in total. The van der Waals surface area contributed by atoms with Gasteiger partial charge < -0.3 is 14.6 Å². The number of fused-ring (bicyclic) bond motifs is 1. The summed E-state index contributed by atoms with van der Waals surface area (Å²) in [6.07, 6.45) is 1.39. The van der Waals surface area contributed by atoms with Crippen molar-refractivity contribution in [1.82, 2.24) is 29.9 Å². The van der Waals surface area contributed by atoms with Crippen LogP contribution >= 0.6 is 11.6 Å². The van der Waals surface area contributed by atoms with E-state index in [0.29, 0.717) is 61.1 Å². The number of hydrogen-bond donors (Lipinski definition) is 1. The molecule has 35 heavy (non-hydrogen) atoms. The van der Waals surface area contributed by atoms with Crippen molar-refractivity contribution in [3.63, 3.8) is 0 Å². The van der Waals surface area contributed by atoms with Gasteiger partial charge in [-0.25, -0.2) is 9.67 Å². The van der Waals surface area contributed by atoms with Crippen LogP contribution in [0.2, 0.25) is 5.02 Å². The van der Waals surface area contributed by atoms with Crippen molar-refractivity contribution in [2.45, 2.75) is 32.2 Å². The number of aromatic nitrogens is 5. The molecular weight excluding hydrogens is 468 g/mol. The lowest BCUT2D eigenvalue weighted by atomic mass is 9.95. The lowest BCUT2D eigenvalue weighted by molar-refractivity contribution is 0.0711. The van der Waals surface area contributed by atoms with Crippen molar-refractivity contribution < 1.29 is 9.53 Å². The van der Waals surface area contributed by atoms with Crippen molar-refractivity contribution in [1.29, 1.82) is 0 Å². The summed E-state index contributed by atoms with van der Waals surface area (Å²) in [6, 6.07) is 14.7. The predicted octanol–water partition coefficient (Wildman–Crippen LogP) is 3.63. The highest BCUT2D eigenvalue weighted by Crippen LogP contribution is 2.27. The van der Waals surface area contributed by atoms with Crippen molar-refractivity contribution in [3.8, 4) is 5.75 Å². The van der Waals surface area contributed by atoms with Gasteiger partial charge in [0.2, 0.25) is 0 Å². The maximum atomic E-state index is 12.8. The minimum Gasteiger partial charge on any atom is -0.494 e. The quantitative estimate of drug-likeness (QED) is 0.440. The highest BCUT2D eigenvalue weighted by atomic mass is 35.5. The van der Waals surface area contributed by atoms with Gasteiger partial charge in [0.05, 0.1) is 13.2 Å². The first-order valence-electron chi connectivity index (χ1n) is 11.6. The molecule has 4 aromatic rings. The largest absolute Gasteiger partial charge is 0.494 e. The summed E-state index contributed by atoms with van der Waals surface area (Å²) in [5.74, 6) is 1.40. The SMILES string of the molecule is CCOc1ccc(Cn2nnc3c(=O)[nH]c(C4CCN(C(=O)c5cccc(Cl)c5)CC4)nc32)cc1. The summed E-state index contributed by atoms with van der Waals surface area (Å²) >= 11 is 6.04. The molecule has 0 spiro atoms. The molecule has 1 aliphatic heterocycles. The van der Waals surface area contributed by atoms with E-state index in [0.717, 1.165) is 11.3 Å². The van der Waals surface area contributed by atoms with Crippen molar-refractivity contribution in [2.24, 2.45) is 0 Å². The first kappa shape index (κ1) is 23.0. The molecule has 0 aliphatic carbocycles. The van der Waals surface area contributed by atoms with Crippen LogP contribution in [-0.4, -0.2) is 55.5 Å². The van der Waals surface area contributed by atoms with Crippen LogP contribution in [0.1, 0.15) is 47.4 Å². The van der Waals surface area contributed by atoms with E-state index >= 15 is 0 Å². The molecule has 2 aromatic carbocycles. The van der Waals surface area contributed by atoms with E-state index in [1.165, 1.54) is 0 Å². The molecule has 1 N–H and O–H groups in total. The Morgan fingerprint density at radius 3 is 2.66 bits per heavy atom. The molecule has 2 aromatic heterocycles.